The molecule has 1 aromatic rings. The first-order valence-corrected chi connectivity index (χ1v) is 11.7. The summed E-state index contributed by atoms with van der Waals surface area (Å²) in [6.07, 6.45) is 2.50. The second-order valence-corrected chi connectivity index (χ2v) is 11.3. The zero-order chi connectivity index (χ0) is 19.1. The van der Waals surface area contributed by atoms with E-state index in [9.17, 15) is 9.67 Å². The van der Waals surface area contributed by atoms with Crippen molar-refractivity contribution in [1.29, 1.82) is 0 Å². The smallest absolute Gasteiger partial charge is 0.278 e. The van der Waals surface area contributed by atoms with Crippen LogP contribution >= 0.6 is 7.52 Å². The highest BCUT2D eigenvalue weighted by Gasteiger charge is 2.57. The van der Waals surface area contributed by atoms with Crippen LogP contribution in [-0.4, -0.2) is 33.6 Å². The molecule has 5 heteroatoms. The van der Waals surface area contributed by atoms with Crippen molar-refractivity contribution in [1.82, 2.24) is 4.67 Å². The van der Waals surface area contributed by atoms with E-state index < -0.39 is 19.3 Å². The number of hydrogen-bond acceptors (Lipinski definition) is 3. The van der Waals surface area contributed by atoms with Gasteiger partial charge in [0.25, 0.3) is 7.52 Å². The maximum absolute atomic E-state index is 14.2. The first-order chi connectivity index (χ1) is 12.2. The Balaban J connectivity index is 1.96. The maximum Gasteiger partial charge on any atom is 0.278 e. The van der Waals surface area contributed by atoms with Crippen LogP contribution in [0.15, 0.2) is 30.3 Å². The minimum Gasteiger partial charge on any atom is -0.388 e. The monoisotopic (exact) mass is 379 g/mol. The first-order valence-electron chi connectivity index (χ1n) is 10.0. The van der Waals surface area contributed by atoms with Crippen LogP contribution in [0.2, 0.25) is 0 Å². The van der Waals surface area contributed by atoms with Crippen molar-refractivity contribution in [2.24, 2.45) is 11.8 Å². The molecule has 0 aromatic heterocycles. The van der Waals surface area contributed by atoms with Crippen LogP contribution in [0.3, 0.4) is 0 Å². The summed E-state index contributed by atoms with van der Waals surface area (Å²) in [5, 5.41) is 11.0. The zero-order valence-electron chi connectivity index (χ0n) is 16.8. The molecule has 1 heterocycles. The lowest BCUT2D eigenvalue weighted by Crippen LogP contribution is -2.59. The fraction of sp³-hybridized carbons (Fsp3) is 0.714. The SMILES string of the molecule is CCN1C(C)(C)[C@@H]2CC[C@@H](C)C[C@H]2O[P@@]1(=O)[C@H](C)[C@@H](O)c1ccccc1. The molecule has 146 valence electrons. The predicted octanol–water partition coefficient (Wildman–Crippen LogP) is 5.24. The van der Waals surface area contributed by atoms with Gasteiger partial charge in [0.15, 0.2) is 0 Å². The van der Waals surface area contributed by atoms with Crippen molar-refractivity contribution in [3.8, 4) is 0 Å². The first kappa shape index (κ1) is 20.1. The lowest BCUT2D eigenvalue weighted by molar-refractivity contribution is -0.0505. The lowest BCUT2D eigenvalue weighted by Gasteiger charge is -2.57. The van der Waals surface area contributed by atoms with Crippen molar-refractivity contribution in [2.45, 2.75) is 77.3 Å². The molecule has 3 rings (SSSR count). The number of benzene rings is 1. The lowest BCUT2D eigenvalue weighted by atomic mass is 9.71. The van der Waals surface area contributed by atoms with E-state index in [-0.39, 0.29) is 11.6 Å². The molecular formula is C21H34NO3P. The summed E-state index contributed by atoms with van der Waals surface area (Å²) in [7, 11) is -3.19. The summed E-state index contributed by atoms with van der Waals surface area (Å²) in [4.78, 5) is 0. The Labute approximate surface area is 158 Å². The van der Waals surface area contributed by atoms with Crippen molar-refractivity contribution in [3.63, 3.8) is 0 Å². The molecule has 2 fully saturated rings. The molecule has 6 atom stereocenters. The average Bonchev–Trinajstić information content (AvgIpc) is 2.60. The Morgan fingerprint density at radius 2 is 1.96 bits per heavy atom. The summed E-state index contributed by atoms with van der Waals surface area (Å²) in [5.74, 6) is 0.991. The van der Waals surface area contributed by atoms with Crippen molar-refractivity contribution in [3.05, 3.63) is 35.9 Å². The van der Waals surface area contributed by atoms with E-state index in [2.05, 4.69) is 25.4 Å². The molecule has 1 saturated carbocycles. The minimum absolute atomic E-state index is 0.0211. The predicted molar refractivity (Wildman–Crippen MR) is 106 cm³/mol. The molecule has 0 amide bonds. The van der Waals surface area contributed by atoms with E-state index in [4.69, 9.17) is 4.52 Å². The molecular weight excluding hydrogens is 345 g/mol. The average molecular weight is 379 g/mol. The number of aliphatic hydroxyl groups excluding tert-OH is 1. The summed E-state index contributed by atoms with van der Waals surface area (Å²) in [6.45, 7) is 11.3. The third kappa shape index (κ3) is 3.30. The Bertz CT molecular complexity index is 662. The molecule has 1 aliphatic carbocycles. The second-order valence-electron chi connectivity index (χ2n) is 8.70. The third-order valence-electron chi connectivity index (χ3n) is 6.66. The number of fused-ring (bicyclic) bond motifs is 1. The van der Waals surface area contributed by atoms with Gasteiger partial charge in [0.1, 0.15) is 0 Å². The Morgan fingerprint density at radius 1 is 1.31 bits per heavy atom. The molecule has 0 unspecified atom stereocenters. The van der Waals surface area contributed by atoms with Crippen LogP contribution in [0, 0.1) is 11.8 Å². The quantitative estimate of drug-likeness (QED) is 0.727. The van der Waals surface area contributed by atoms with Gasteiger partial charge in [-0.3, -0.25) is 4.57 Å². The molecule has 1 saturated heterocycles. The topological polar surface area (TPSA) is 49.8 Å². The van der Waals surface area contributed by atoms with Gasteiger partial charge in [0.05, 0.1) is 17.9 Å². The molecule has 1 aliphatic heterocycles. The number of nitrogens with zero attached hydrogens (tertiary/aromatic N) is 1. The number of rotatable bonds is 4. The van der Waals surface area contributed by atoms with Gasteiger partial charge in [-0.05, 0) is 45.1 Å². The largest absolute Gasteiger partial charge is 0.388 e. The van der Waals surface area contributed by atoms with Crippen LogP contribution in [0.4, 0.5) is 0 Å². The minimum atomic E-state index is -3.19. The van der Waals surface area contributed by atoms with Gasteiger partial charge in [-0.1, -0.05) is 50.6 Å². The summed E-state index contributed by atoms with van der Waals surface area (Å²) < 4.78 is 22.7. The molecule has 0 bridgehead atoms. The standard InChI is InChI=1S/C21H34NO3P/c1-6-22-21(4,5)18-13-12-15(2)14-19(18)25-26(22,24)16(3)20(23)17-10-8-7-9-11-17/h7-11,15-16,18-20,23H,6,12-14H2,1-5H3/t15-,16-,18-,19-,20-,26+/m1/s1. The van der Waals surface area contributed by atoms with E-state index in [1.165, 1.54) is 6.42 Å². The fourth-order valence-electron chi connectivity index (χ4n) is 5.08. The van der Waals surface area contributed by atoms with Gasteiger partial charge >= 0.3 is 0 Å². The molecule has 0 spiro atoms. The zero-order valence-corrected chi connectivity index (χ0v) is 17.7. The molecule has 26 heavy (non-hydrogen) atoms. The van der Waals surface area contributed by atoms with Crippen LogP contribution in [0.1, 0.15) is 65.5 Å². The van der Waals surface area contributed by atoms with Gasteiger partial charge in [-0.2, -0.15) is 0 Å². The van der Waals surface area contributed by atoms with Crippen molar-refractivity contribution in [2.75, 3.05) is 6.54 Å². The second kappa shape index (κ2) is 7.39. The Kier molecular flexibility index (Phi) is 5.71. The van der Waals surface area contributed by atoms with Gasteiger partial charge in [0, 0.05) is 18.0 Å². The van der Waals surface area contributed by atoms with Gasteiger partial charge in [-0.15, -0.1) is 0 Å². The van der Waals surface area contributed by atoms with Gasteiger partial charge in [0.2, 0.25) is 0 Å². The number of hydrogen-bond donors (Lipinski definition) is 1. The maximum atomic E-state index is 14.2. The highest BCUT2D eigenvalue weighted by molar-refractivity contribution is 7.57. The molecule has 1 N–H and O–H groups in total. The number of aliphatic hydroxyl groups is 1. The van der Waals surface area contributed by atoms with Crippen molar-refractivity contribution >= 4 is 7.52 Å². The Morgan fingerprint density at radius 3 is 2.58 bits per heavy atom. The van der Waals surface area contributed by atoms with Crippen LogP contribution in [0.25, 0.3) is 0 Å². The van der Waals surface area contributed by atoms with Crippen LogP contribution in [0.5, 0.6) is 0 Å². The van der Waals surface area contributed by atoms with Gasteiger partial charge in [-0.25, -0.2) is 4.67 Å². The summed E-state index contributed by atoms with van der Waals surface area (Å²) >= 11 is 0. The summed E-state index contributed by atoms with van der Waals surface area (Å²) in [5.41, 5.74) is 0.131. The fourth-order valence-corrected chi connectivity index (χ4v) is 8.24. The van der Waals surface area contributed by atoms with Crippen LogP contribution < -0.4 is 0 Å². The van der Waals surface area contributed by atoms with E-state index in [1.807, 2.05) is 44.2 Å². The van der Waals surface area contributed by atoms with Gasteiger partial charge < -0.3 is 9.63 Å². The van der Waals surface area contributed by atoms with E-state index in [0.29, 0.717) is 18.4 Å². The molecule has 0 radical (unpaired) electrons. The molecule has 2 aliphatic rings. The normalized spacial score (nSPS) is 36.9. The van der Waals surface area contributed by atoms with E-state index in [0.717, 1.165) is 18.4 Å². The molecule has 1 aromatic carbocycles. The van der Waals surface area contributed by atoms with E-state index >= 15 is 0 Å². The Hall–Kier alpha value is -0.670. The summed E-state index contributed by atoms with van der Waals surface area (Å²) in [6, 6.07) is 9.52. The third-order valence-corrected chi connectivity index (χ3v) is 10.0. The van der Waals surface area contributed by atoms with Crippen LogP contribution in [-0.2, 0) is 9.09 Å². The van der Waals surface area contributed by atoms with Crippen molar-refractivity contribution < 1.29 is 14.2 Å². The highest BCUT2D eigenvalue weighted by Crippen LogP contribution is 2.67. The van der Waals surface area contributed by atoms with E-state index in [1.54, 1.807) is 0 Å². The molecule has 4 nitrogen and oxygen atoms in total. The highest BCUT2D eigenvalue weighted by atomic mass is 31.2.